The molecule has 0 unspecified atom stereocenters. The van der Waals surface area contributed by atoms with Crippen LogP contribution in [0.5, 0.6) is 5.75 Å². The molecule has 0 saturated heterocycles. The number of fused-ring (bicyclic) bond motifs is 1. The van der Waals surface area contributed by atoms with Gasteiger partial charge in [0.15, 0.2) is 0 Å². The van der Waals surface area contributed by atoms with Crippen LogP contribution in [0.4, 0.5) is 0 Å². The van der Waals surface area contributed by atoms with Crippen molar-refractivity contribution in [3.05, 3.63) is 76.8 Å². The molecule has 25 heavy (non-hydrogen) atoms. The van der Waals surface area contributed by atoms with Gasteiger partial charge in [0, 0.05) is 23.2 Å². The van der Waals surface area contributed by atoms with Crippen molar-refractivity contribution in [1.29, 1.82) is 0 Å². The Morgan fingerprint density at radius 3 is 2.48 bits per heavy atom. The maximum atomic E-state index is 6.14. The Hall–Kier alpha value is -1.74. The summed E-state index contributed by atoms with van der Waals surface area (Å²) in [7, 11) is 0. The van der Waals surface area contributed by atoms with Gasteiger partial charge in [0.05, 0.1) is 0 Å². The second-order valence-corrected chi connectivity index (χ2v) is 6.77. The monoisotopic (exact) mass is 373 g/mol. The van der Waals surface area contributed by atoms with Crippen LogP contribution in [0, 0.1) is 0 Å². The van der Waals surface area contributed by atoms with E-state index in [1.807, 2.05) is 24.3 Å². The minimum Gasteiger partial charge on any atom is -0.489 e. The first-order chi connectivity index (χ1) is 11.8. The van der Waals surface area contributed by atoms with Crippen LogP contribution in [0.2, 0.25) is 5.02 Å². The number of hydrogen-bond acceptors (Lipinski definition) is 2. The molecule has 3 aromatic rings. The zero-order chi connectivity index (χ0) is 16.4. The first kappa shape index (κ1) is 18.1. The number of hydrogen-bond donors (Lipinski definition) is 1. The predicted octanol–water partition coefficient (Wildman–Crippen LogP) is 5.75. The molecule has 0 amide bonds. The van der Waals surface area contributed by atoms with E-state index in [2.05, 4.69) is 41.7 Å². The van der Waals surface area contributed by atoms with Crippen LogP contribution in [-0.4, -0.2) is 6.04 Å². The van der Waals surface area contributed by atoms with Gasteiger partial charge in [-0.15, -0.1) is 12.4 Å². The van der Waals surface area contributed by atoms with Crippen LogP contribution < -0.4 is 10.1 Å². The average Bonchev–Trinajstić information content (AvgIpc) is 3.44. The van der Waals surface area contributed by atoms with E-state index >= 15 is 0 Å². The summed E-state index contributed by atoms with van der Waals surface area (Å²) in [6.45, 7) is 1.40. The van der Waals surface area contributed by atoms with Crippen molar-refractivity contribution in [1.82, 2.24) is 5.32 Å². The average molecular weight is 374 g/mol. The molecule has 0 spiro atoms. The third-order valence-corrected chi connectivity index (χ3v) is 4.70. The minimum absolute atomic E-state index is 0. The van der Waals surface area contributed by atoms with E-state index in [-0.39, 0.29) is 12.4 Å². The zero-order valence-electron chi connectivity index (χ0n) is 13.9. The van der Waals surface area contributed by atoms with Crippen molar-refractivity contribution >= 4 is 34.8 Å². The highest BCUT2D eigenvalue weighted by atomic mass is 35.5. The van der Waals surface area contributed by atoms with Gasteiger partial charge in [-0.2, -0.15) is 0 Å². The molecule has 3 aromatic carbocycles. The highest BCUT2D eigenvalue weighted by molar-refractivity contribution is 6.30. The van der Waals surface area contributed by atoms with Gasteiger partial charge >= 0.3 is 0 Å². The zero-order valence-corrected chi connectivity index (χ0v) is 15.4. The molecule has 0 bridgehead atoms. The number of ether oxygens (including phenoxy) is 1. The molecule has 1 aliphatic rings. The molecule has 4 heteroatoms. The fourth-order valence-electron chi connectivity index (χ4n) is 2.91. The van der Waals surface area contributed by atoms with Crippen LogP contribution in [0.3, 0.4) is 0 Å². The Morgan fingerprint density at radius 1 is 0.960 bits per heavy atom. The molecule has 2 nitrogen and oxygen atoms in total. The Balaban J connectivity index is 0.00000182. The second kappa shape index (κ2) is 8.09. The fourth-order valence-corrected chi connectivity index (χ4v) is 3.04. The fraction of sp³-hybridized carbons (Fsp3) is 0.238. The highest BCUT2D eigenvalue weighted by Crippen LogP contribution is 2.30. The molecule has 0 radical (unpaired) electrons. The van der Waals surface area contributed by atoms with E-state index in [9.17, 15) is 0 Å². The summed E-state index contributed by atoms with van der Waals surface area (Å²) >= 11 is 5.95. The third-order valence-electron chi connectivity index (χ3n) is 4.45. The molecule has 1 N–H and O–H groups in total. The third kappa shape index (κ3) is 4.46. The maximum absolute atomic E-state index is 6.14. The van der Waals surface area contributed by atoms with Crippen molar-refractivity contribution in [3.8, 4) is 5.75 Å². The molecule has 1 aliphatic carbocycles. The van der Waals surface area contributed by atoms with Gasteiger partial charge in [-0.1, -0.05) is 54.1 Å². The summed E-state index contributed by atoms with van der Waals surface area (Å²) in [6, 6.07) is 21.2. The van der Waals surface area contributed by atoms with Crippen LogP contribution in [0.15, 0.2) is 60.7 Å². The smallest absolute Gasteiger partial charge is 0.124 e. The minimum atomic E-state index is 0. The van der Waals surface area contributed by atoms with Crippen LogP contribution in [0.1, 0.15) is 24.0 Å². The van der Waals surface area contributed by atoms with E-state index in [0.717, 1.165) is 22.9 Å². The van der Waals surface area contributed by atoms with Gasteiger partial charge in [-0.3, -0.25) is 0 Å². The van der Waals surface area contributed by atoms with Crippen molar-refractivity contribution in [2.45, 2.75) is 32.0 Å². The number of rotatable bonds is 6. The molecule has 1 fully saturated rings. The van der Waals surface area contributed by atoms with Gasteiger partial charge in [-0.05, 0) is 47.4 Å². The van der Waals surface area contributed by atoms with Gasteiger partial charge in [-0.25, -0.2) is 0 Å². The first-order valence-corrected chi connectivity index (χ1v) is 8.78. The van der Waals surface area contributed by atoms with Crippen LogP contribution in [0.25, 0.3) is 10.8 Å². The molecule has 0 heterocycles. The molecular weight excluding hydrogens is 353 g/mol. The van der Waals surface area contributed by atoms with E-state index < -0.39 is 0 Å². The van der Waals surface area contributed by atoms with Crippen molar-refractivity contribution in [3.63, 3.8) is 0 Å². The van der Waals surface area contributed by atoms with Crippen molar-refractivity contribution in [2.75, 3.05) is 0 Å². The molecule has 4 rings (SSSR count). The van der Waals surface area contributed by atoms with E-state index in [4.69, 9.17) is 16.3 Å². The summed E-state index contributed by atoms with van der Waals surface area (Å²) in [4.78, 5) is 0. The standard InChI is InChI=1S/C21H20ClNO.ClH/c22-17-8-5-15(6-9-17)14-24-21-12-7-16-3-1-2-4-19(16)20(21)13-23-18-10-11-18;/h1-9,12,18,23H,10-11,13-14H2;1H. The lowest BCUT2D eigenvalue weighted by Crippen LogP contribution is -2.16. The Labute approximate surface area is 159 Å². The van der Waals surface area contributed by atoms with Crippen LogP contribution >= 0.6 is 24.0 Å². The van der Waals surface area contributed by atoms with Gasteiger partial charge < -0.3 is 10.1 Å². The maximum Gasteiger partial charge on any atom is 0.124 e. The first-order valence-electron chi connectivity index (χ1n) is 8.41. The van der Waals surface area contributed by atoms with E-state index in [1.165, 1.54) is 29.2 Å². The van der Waals surface area contributed by atoms with E-state index in [0.29, 0.717) is 12.6 Å². The van der Waals surface area contributed by atoms with Crippen molar-refractivity contribution < 1.29 is 4.74 Å². The predicted molar refractivity (Wildman–Crippen MR) is 107 cm³/mol. The largest absolute Gasteiger partial charge is 0.489 e. The number of benzene rings is 3. The lowest BCUT2D eigenvalue weighted by atomic mass is 10.0. The van der Waals surface area contributed by atoms with Gasteiger partial charge in [0.1, 0.15) is 12.4 Å². The summed E-state index contributed by atoms with van der Waals surface area (Å²) in [5, 5.41) is 6.88. The summed E-state index contributed by atoms with van der Waals surface area (Å²) in [6.07, 6.45) is 2.57. The molecule has 0 aromatic heterocycles. The molecule has 0 aliphatic heterocycles. The summed E-state index contributed by atoms with van der Waals surface area (Å²) in [5.74, 6) is 0.955. The molecule has 0 atom stereocenters. The van der Waals surface area contributed by atoms with E-state index in [1.54, 1.807) is 0 Å². The topological polar surface area (TPSA) is 21.3 Å². The van der Waals surface area contributed by atoms with Gasteiger partial charge in [0.25, 0.3) is 0 Å². The lowest BCUT2D eigenvalue weighted by Gasteiger charge is -2.15. The molecule has 130 valence electrons. The number of nitrogens with one attached hydrogen (secondary N) is 1. The summed E-state index contributed by atoms with van der Waals surface area (Å²) in [5.41, 5.74) is 2.36. The number of halogens is 2. The Kier molecular flexibility index (Phi) is 5.85. The lowest BCUT2D eigenvalue weighted by molar-refractivity contribution is 0.302. The molecule has 1 saturated carbocycles. The Bertz CT molecular complexity index is 844. The summed E-state index contributed by atoms with van der Waals surface area (Å²) < 4.78 is 6.14. The Morgan fingerprint density at radius 2 is 1.72 bits per heavy atom. The van der Waals surface area contributed by atoms with Crippen molar-refractivity contribution in [2.24, 2.45) is 0 Å². The normalized spacial score (nSPS) is 13.5. The molecular formula is C21H21Cl2NO. The quantitative estimate of drug-likeness (QED) is 0.594. The van der Waals surface area contributed by atoms with Crippen LogP contribution in [-0.2, 0) is 13.2 Å². The SMILES string of the molecule is Cl.Clc1ccc(COc2ccc3ccccc3c2CNC2CC2)cc1. The van der Waals surface area contributed by atoms with Gasteiger partial charge in [0.2, 0.25) is 0 Å². The second-order valence-electron chi connectivity index (χ2n) is 6.33. The highest BCUT2D eigenvalue weighted by Gasteiger charge is 2.21.